The molecule has 0 saturated heterocycles. The van der Waals surface area contributed by atoms with E-state index >= 15 is 0 Å². The smallest absolute Gasteiger partial charge is 0.335 e. The van der Waals surface area contributed by atoms with Gasteiger partial charge in [-0.3, -0.25) is 0 Å². The molecule has 3 heteroatoms. The maximum Gasteiger partial charge on any atom is 0.335 e. The third kappa shape index (κ3) is 4.54. The van der Waals surface area contributed by atoms with E-state index in [1.165, 1.54) is 0 Å². The first kappa shape index (κ1) is 12.0. The fourth-order valence-electron chi connectivity index (χ4n) is 0.882. The molecule has 0 bridgehead atoms. The SMILES string of the molecule is C#C[C@H](N)C(=O)OCC(CC)CC. The van der Waals surface area contributed by atoms with Crippen molar-refractivity contribution >= 4 is 5.97 Å². The highest BCUT2D eigenvalue weighted by Gasteiger charge is 2.13. The fraction of sp³-hybridized carbons (Fsp3) is 0.700. The number of nitrogens with two attached hydrogens (primary N) is 1. The number of esters is 1. The van der Waals surface area contributed by atoms with E-state index in [1.807, 2.05) is 0 Å². The Labute approximate surface area is 79.6 Å². The molecule has 0 aliphatic rings. The van der Waals surface area contributed by atoms with Crippen LogP contribution < -0.4 is 5.73 Å². The molecule has 0 aliphatic carbocycles. The van der Waals surface area contributed by atoms with Crippen LogP contribution in [0.2, 0.25) is 0 Å². The van der Waals surface area contributed by atoms with Crippen LogP contribution in [0.4, 0.5) is 0 Å². The summed E-state index contributed by atoms with van der Waals surface area (Å²) in [5.74, 6) is 2.03. The van der Waals surface area contributed by atoms with E-state index in [-0.39, 0.29) is 0 Å². The second-order valence-electron chi connectivity index (χ2n) is 2.96. The largest absolute Gasteiger partial charge is 0.464 e. The summed E-state index contributed by atoms with van der Waals surface area (Å²) in [6.07, 6.45) is 6.96. The van der Waals surface area contributed by atoms with Gasteiger partial charge >= 0.3 is 5.97 Å². The fourth-order valence-corrected chi connectivity index (χ4v) is 0.882. The highest BCUT2D eigenvalue weighted by atomic mass is 16.5. The lowest BCUT2D eigenvalue weighted by atomic mass is 10.1. The van der Waals surface area contributed by atoms with Gasteiger partial charge in [0.25, 0.3) is 0 Å². The summed E-state index contributed by atoms with van der Waals surface area (Å²) in [6, 6.07) is -0.922. The lowest BCUT2D eigenvalue weighted by Crippen LogP contribution is -2.31. The average Bonchev–Trinajstić information content (AvgIpc) is 2.17. The van der Waals surface area contributed by atoms with Crippen LogP contribution in [0.3, 0.4) is 0 Å². The summed E-state index contributed by atoms with van der Waals surface area (Å²) in [6.45, 7) is 4.54. The highest BCUT2D eigenvalue weighted by molar-refractivity contribution is 5.78. The summed E-state index contributed by atoms with van der Waals surface area (Å²) in [5.41, 5.74) is 5.27. The zero-order valence-corrected chi connectivity index (χ0v) is 8.25. The molecule has 0 aliphatic heterocycles. The topological polar surface area (TPSA) is 52.3 Å². The normalized spacial score (nSPS) is 12.2. The molecule has 0 aromatic carbocycles. The van der Waals surface area contributed by atoms with Crippen LogP contribution in [0.1, 0.15) is 26.7 Å². The molecule has 3 nitrogen and oxygen atoms in total. The second-order valence-corrected chi connectivity index (χ2v) is 2.96. The van der Waals surface area contributed by atoms with E-state index in [0.717, 1.165) is 12.8 Å². The maximum atomic E-state index is 11.0. The number of terminal acetylenes is 1. The van der Waals surface area contributed by atoms with Crippen LogP contribution in [0.25, 0.3) is 0 Å². The van der Waals surface area contributed by atoms with Crippen molar-refractivity contribution in [2.24, 2.45) is 11.7 Å². The van der Waals surface area contributed by atoms with Gasteiger partial charge in [-0.25, -0.2) is 4.79 Å². The number of hydrogen-bond donors (Lipinski definition) is 1. The molecule has 0 aromatic rings. The van der Waals surface area contributed by atoms with Crippen LogP contribution in [-0.4, -0.2) is 18.6 Å². The predicted molar refractivity (Wildman–Crippen MR) is 51.8 cm³/mol. The molecule has 74 valence electrons. The second kappa shape index (κ2) is 6.50. The summed E-state index contributed by atoms with van der Waals surface area (Å²) >= 11 is 0. The van der Waals surface area contributed by atoms with Gasteiger partial charge in [0.2, 0.25) is 0 Å². The van der Waals surface area contributed by atoms with Gasteiger partial charge in [0, 0.05) is 0 Å². The van der Waals surface area contributed by atoms with E-state index in [4.69, 9.17) is 16.9 Å². The van der Waals surface area contributed by atoms with Crippen LogP contribution in [0.5, 0.6) is 0 Å². The number of ether oxygens (including phenoxy) is 1. The molecule has 0 aromatic heterocycles. The van der Waals surface area contributed by atoms with Gasteiger partial charge in [-0.1, -0.05) is 32.6 Å². The minimum absolute atomic E-state index is 0.411. The Morgan fingerprint density at radius 2 is 2.08 bits per heavy atom. The standard InChI is InChI=1S/C10H17NO2/c1-4-8(5-2)7-13-10(12)9(11)6-3/h3,8-9H,4-5,7,11H2,1-2H3/t9-/m0/s1. The number of carbonyl (C=O) groups is 1. The Morgan fingerprint density at radius 3 is 2.46 bits per heavy atom. The lowest BCUT2D eigenvalue weighted by Gasteiger charge is -2.13. The van der Waals surface area contributed by atoms with Gasteiger partial charge in [0.15, 0.2) is 6.04 Å². The van der Waals surface area contributed by atoms with Crippen LogP contribution >= 0.6 is 0 Å². The van der Waals surface area contributed by atoms with Crippen molar-refractivity contribution in [3.8, 4) is 12.3 Å². The van der Waals surface area contributed by atoms with Crippen molar-refractivity contribution in [1.29, 1.82) is 0 Å². The molecular formula is C10H17NO2. The van der Waals surface area contributed by atoms with Gasteiger partial charge in [-0.15, -0.1) is 6.42 Å². The molecular weight excluding hydrogens is 166 g/mol. The van der Waals surface area contributed by atoms with E-state index < -0.39 is 12.0 Å². The van der Waals surface area contributed by atoms with Gasteiger partial charge in [-0.2, -0.15) is 0 Å². The molecule has 0 radical (unpaired) electrons. The van der Waals surface area contributed by atoms with E-state index in [0.29, 0.717) is 12.5 Å². The Morgan fingerprint density at radius 1 is 1.54 bits per heavy atom. The van der Waals surface area contributed by atoms with Crippen molar-refractivity contribution in [3.05, 3.63) is 0 Å². The molecule has 1 atom stereocenters. The van der Waals surface area contributed by atoms with Crippen molar-refractivity contribution in [3.63, 3.8) is 0 Å². The van der Waals surface area contributed by atoms with Gasteiger partial charge in [-0.05, 0) is 5.92 Å². The number of carbonyl (C=O) groups excluding carboxylic acids is 1. The Kier molecular flexibility index (Phi) is 5.99. The van der Waals surface area contributed by atoms with E-state index in [2.05, 4.69) is 19.8 Å². The summed E-state index contributed by atoms with van der Waals surface area (Å²) in [5, 5.41) is 0. The maximum absolute atomic E-state index is 11.0. The van der Waals surface area contributed by atoms with Gasteiger partial charge in [0.05, 0.1) is 6.61 Å². The highest BCUT2D eigenvalue weighted by Crippen LogP contribution is 2.07. The molecule has 2 N–H and O–H groups in total. The first-order valence-electron chi connectivity index (χ1n) is 4.54. The van der Waals surface area contributed by atoms with Crippen molar-refractivity contribution in [2.45, 2.75) is 32.7 Å². The van der Waals surface area contributed by atoms with Crippen molar-refractivity contribution in [2.75, 3.05) is 6.61 Å². The Bertz CT molecular complexity index is 192. The van der Waals surface area contributed by atoms with Crippen molar-refractivity contribution < 1.29 is 9.53 Å². The summed E-state index contributed by atoms with van der Waals surface area (Å²) in [7, 11) is 0. The Balaban J connectivity index is 3.76. The molecule has 0 spiro atoms. The quantitative estimate of drug-likeness (QED) is 0.509. The van der Waals surface area contributed by atoms with Crippen LogP contribution in [0, 0.1) is 18.3 Å². The molecule has 0 fully saturated rings. The molecule has 13 heavy (non-hydrogen) atoms. The zero-order valence-electron chi connectivity index (χ0n) is 8.25. The number of hydrogen-bond acceptors (Lipinski definition) is 3. The van der Waals surface area contributed by atoms with Gasteiger partial charge in [0.1, 0.15) is 0 Å². The van der Waals surface area contributed by atoms with Gasteiger partial charge < -0.3 is 10.5 Å². The summed E-state index contributed by atoms with van der Waals surface area (Å²) < 4.78 is 4.93. The van der Waals surface area contributed by atoms with Crippen LogP contribution in [0.15, 0.2) is 0 Å². The molecule has 0 saturated carbocycles. The van der Waals surface area contributed by atoms with E-state index in [1.54, 1.807) is 0 Å². The number of rotatable bonds is 5. The zero-order chi connectivity index (χ0) is 10.3. The van der Waals surface area contributed by atoms with Crippen LogP contribution in [-0.2, 0) is 9.53 Å². The minimum atomic E-state index is -0.922. The molecule has 0 rings (SSSR count). The molecule has 0 amide bonds. The first-order chi connectivity index (χ1) is 6.15. The lowest BCUT2D eigenvalue weighted by molar-refractivity contribution is -0.145. The van der Waals surface area contributed by atoms with E-state index in [9.17, 15) is 4.79 Å². The first-order valence-corrected chi connectivity index (χ1v) is 4.54. The predicted octanol–water partition coefficient (Wildman–Crippen LogP) is 0.926. The molecule has 0 heterocycles. The third-order valence-electron chi connectivity index (χ3n) is 2.05. The minimum Gasteiger partial charge on any atom is -0.464 e. The average molecular weight is 183 g/mol. The molecule has 0 unspecified atom stereocenters. The van der Waals surface area contributed by atoms with Crippen molar-refractivity contribution in [1.82, 2.24) is 0 Å². The monoisotopic (exact) mass is 183 g/mol. The Hall–Kier alpha value is -1.01. The third-order valence-corrected chi connectivity index (χ3v) is 2.05. The summed E-state index contributed by atoms with van der Waals surface area (Å²) in [4.78, 5) is 11.0.